The summed E-state index contributed by atoms with van der Waals surface area (Å²) >= 11 is 0. The van der Waals surface area contributed by atoms with Gasteiger partial charge < -0.3 is 15.2 Å². The fraction of sp³-hybridized carbons (Fsp3) is 0.286. The van der Waals surface area contributed by atoms with Crippen molar-refractivity contribution in [2.24, 2.45) is 0 Å². The van der Waals surface area contributed by atoms with Gasteiger partial charge in [0.1, 0.15) is 5.82 Å². The van der Waals surface area contributed by atoms with E-state index in [0.29, 0.717) is 12.1 Å². The van der Waals surface area contributed by atoms with Crippen LogP contribution in [0.3, 0.4) is 0 Å². The minimum atomic E-state index is 0.000971. The molecule has 0 saturated heterocycles. The Labute approximate surface area is 112 Å². The third kappa shape index (κ3) is 3.13. The molecular weight excluding hydrogens is 240 g/mol. The zero-order valence-electron chi connectivity index (χ0n) is 11.4. The average molecular weight is 258 g/mol. The highest BCUT2D eigenvalue weighted by molar-refractivity contribution is 5.95. The standard InChI is InChI=1S/C14H18N4O/c1-10-4-5-11(14(19)18(2)3)8-12(10)17-9-13-15-6-7-16-13/h4-8,17H,9H2,1-3H3,(H,15,16). The minimum absolute atomic E-state index is 0.000971. The van der Waals surface area contributed by atoms with Crippen molar-refractivity contribution in [3.63, 3.8) is 0 Å². The zero-order valence-corrected chi connectivity index (χ0v) is 11.4. The van der Waals surface area contributed by atoms with Crippen LogP contribution in [0.5, 0.6) is 0 Å². The van der Waals surface area contributed by atoms with Gasteiger partial charge in [0.05, 0.1) is 6.54 Å². The molecular formula is C14H18N4O. The van der Waals surface area contributed by atoms with E-state index in [2.05, 4.69) is 15.3 Å². The number of aromatic nitrogens is 2. The van der Waals surface area contributed by atoms with Gasteiger partial charge in [0, 0.05) is 37.7 Å². The highest BCUT2D eigenvalue weighted by atomic mass is 16.2. The number of aromatic amines is 1. The molecule has 19 heavy (non-hydrogen) atoms. The molecule has 0 aliphatic rings. The molecule has 0 saturated carbocycles. The van der Waals surface area contributed by atoms with Crippen LogP contribution in [0, 0.1) is 6.92 Å². The topological polar surface area (TPSA) is 61.0 Å². The molecule has 100 valence electrons. The van der Waals surface area contributed by atoms with Crippen molar-refractivity contribution < 1.29 is 4.79 Å². The first-order valence-electron chi connectivity index (χ1n) is 6.12. The second-order valence-corrected chi connectivity index (χ2v) is 4.62. The number of anilines is 1. The molecule has 0 radical (unpaired) electrons. The summed E-state index contributed by atoms with van der Waals surface area (Å²) in [6.07, 6.45) is 3.51. The van der Waals surface area contributed by atoms with Crippen LogP contribution in [-0.4, -0.2) is 34.9 Å². The Bertz CT molecular complexity index is 561. The van der Waals surface area contributed by atoms with Crippen LogP contribution in [0.25, 0.3) is 0 Å². The van der Waals surface area contributed by atoms with Gasteiger partial charge in [-0.15, -0.1) is 0 Å². The number of hydrogen-bond donors (Lipinski definition) is 2. The number of benzene rings is 1. The van der Waals surface area contributed by atoms with Crippen LogP contribution in [0.2, 0.25) is 0 Å². The lowest BCUT2D eigenvalue weighted by molar-refractivity contribution is 0.0827. The van der Waals surface area contributed by atoms with Gasteiger partial charge >= 0.3 is 0 Å². The monoisotopic (exact) mass is 258 g/mol. The van der Waals surface area contributed by atoms with E-state index in [9.17, 15) is 4.79 Å². The largest absolute Gasteiger partial charge is 0.378 e. The number of hydrogen-bond acceptors (Lipinski definition) is 3. The molecule has 2 N–H and O–H groups in total. The number of nitrogens with one attached hydrogen (secondary N) is 2. The van der Waals surface area contributed by atoms with Crippen molar-refractivity contribution in [3.05, 3.63) is 47.5 Å². The first-order chi connectivity index (χ1) is 9.08. The summed E-state index contributed by atoms with van der Waals surface area (Å²) in [7, 11) is 3.50. The predicted octanol–water partition coefficient (Wildman–Crippen LogP) is 2.03. The number of rotatable bonds is 4. The van der Waals surface area contributed by atoms with Gasteiger partial charge in [-0.1, -0.05) is 6.07 Å². The van der Waals surface area contributed by atoms with E-state index in [0.717, 1.165) is 17.1 Å². The van der Waals surface area contributed by atoms with Crippen molar-refractivity contribution in [3.8, 4) is 0 Å². The highest BCUT2D eigenvalue weighted by Gasteiger charge is 2.09. The summed E-state index contributed by atoms with van der Waals surface area (Å²) in [5, 5.41) is 3.29. The first kappa shape index (κ1) is 13.1. The average Bonchev–Trinajstić information content (AvgIpc) is 2.90. The van der Waals surface area contributed by atoms with E-state index in [1.807, 2.05) is 25.1 Å². The van der Waals surface area contributed by atoms with Crippen molar-refractivity contribution in [1.82, 2.24) is 14.9 Å². The van der Waals surface area contributed by atoms with Gasteiger partial charge in [-0.3, -0.25) is 4.79 Å². The molecule has 5 heteroatoms. The van der Waals surface area contributed by atoms with E-state index < -0.39 is 0 Å². The molecule has 0 unspecified atom stereocenters. The van der Waals surface area contributed by atoms with Crippen LogP contribution in [0.15, 0.2) is 30.6 Å². The summed E-state index contributed by atoms with van der Waals surface area (Å²) < 4.78 is 0. The molecule has 1 aromatic carbocycles. The van der Waals surface area contributed by atoms with Crippen molar-refractivity contribution in [2.45, 2.75) is 13.5 Å². The fourth-order valence-electron chi connectivity index (χ4n) is 1.78. The quantitative estimate of drug-likeness (QED) is 0.882. The van der Waals surface area contributed by atoms with Gasteiger partial charge in [-0.25, -0.2) is 4.98 Å². The lowest BCUT2D eigenvalue weighted by Crippen LogP contribution is -2.21. The van der Waals surface area contributed by atoms with Crippen molar-refractivity contribution in [1.29, 1.82) is 0 Å². The predicted molar refractivity (Wildman–Crippen MR) is 75.1 cm³/mol. The molecule has 2 rings (SSSR count). The number of amides is 1. The Morgan fingerprint density at radius 1 is 1.42 bits per heavy atom. The molecule has 0 bridgehead atoms. The van der Waals surface area contributed by atoms with Gasteiger partial charge in [0.15, 0.2) is 0 Å². The summed E-state index contributed by atoms with van der Waals surface area (Å²) in [4.78, 5) is 20.7. The van der Waals surface area contributed by atoms with Gasteiger partial charge in [-0.05, 0) is 24.6 Å². The molecule has 0 fully saturated rings. The molecule has 0 atom stereocenters. The van der Waals surface area contributed by atoms with Crippen LogP contribution in [0.1, 0.15) is 21.7 Å². The second kappa shape index (κ2) is 5.56. The SMILES string of the molecule is Cc1ccc(C(=O)N(C)C)cc1NCc1ncc[nH]1. The molecule has 2 aromatic rings. The Morgan fingerprint density at radius 3 is 2.84 bits per heavy atom. The van der Waals surface area contributed by atoms with Gasteiger partial charge in [0.25, 0.3) is 5.91 Å². The van der Waals surface area contributed by atoms with Crippen LogP contribution >= 0.6 is 0 Å². The number of H-pyrrole nitrogens is 1. The second-order valence-electron chi connectivity index (χ2n) is 4.62. The number of imidazole rings is 1. The number of carbonyl (C=O) groups is 1. The number of carbonyl (C=O) groups excluding carboxylic acids is 1. The number of nitrogens with zero attached hydrogens (tertiary/aromatic N) is 2. The molecule has 1 amide bonds. The molecule has 5 nitrogen and oxygen atoms in total. The van der Waals surface area contributed by atoms with Crippen LogP contribution in [-0.2, 0) is 6.54 Å². The Kier molecular flexibility index (Phi) is 3.85. The van der Waals surface area contributed by atoms with Crippen LogP contribution < -0.4 is 5.32 Å². The third-order valence-electron chi connectivity index (χ3n) is 2.89. The van der Waals surface area contributed by atoms with Gasteiger partial charge in [0.2, 0.25) is 0 Å². The van der Waals surface area contributed by atoms with Crippen LogP contribution in [0.4, 0.5) is 5.69 Å². The van der Waals surface area contributed by atoms with E-state index in [4.69, 9.17) is 0 Å². The summed E-state index contributed by atoms with van der Waals surface area (Å²) in [6, 6.07) is 5.66. The maximum Gasteiger partial charge on any atom is 0.253 e. The van der Waals surface area contributed by atoms with Gasteiger partial charge in [-0.2, -0.15) is 0 Å². The molecule has 1 aromatic heterocycles. The van der Waals surface area contributed by atoms with Crippen molar-refractivity contribution >= 4 is 11.6 Å². The Morgan fingerprint density at radius 2 is 2.21 bits per heavy atom. The van der Waals surface area contributed by atoms with E-state index in [-0.39, 0.29) is 5.91 Å². The molecule has 0 aliphatic heterocycles. The maximum atomic E-state index is 11.9. The van der Waals surface area contributed by atoms with E-state index in [1.165, 1.54) is 0 Å². The van der Waals surface area contributed by atoms with Crippen molar-refractivity contribution in [2.75, 3.05) is 19.4 Å². The normalized spacial score (nSPS) is 10.3. The number of aryl methyl sites for hydroxylation is 1. The maximum absolute atomic E-state index is 11.9. The first-order valence-corrected chi connectivity index (χ1v) is 6.12. The lowest BCUT2D eigenvalue weighted by Gasteiger charge is -2.13. The molecule has 0 aliphatic carbocycles. The fourth-order valence-corrected chi connectivity index (χ4v) is 1.78. The smallest absolute Gasteiger partial charge is 0.253 e. The third-order valence-corrected chi connectivity index (χ3v) is 2.89. The summed E-state index contributed by atoms with van der Waals surface area (Å²) in [5.41, 5.74) is 2.73. The Balaban J connectivity index is 2.15. The highest BCUT2D eigenvalue weighted by Crippen LogP contribution is 2.18. The Hall–Kier alpha value is -2.30. The summed E-state index contributed by atoms with van der Waals surface area (Å²) in [5.74, 6) is 0.866. The summed E-state index contributed by atoms with van der Waals surface area (Å²) in [6.45, 7) is 2.61. The molecule has 1 heterocycles. The van der Waals surface area contributed by atoms with E-state index in [1.54, 1.807) is 31.4 Å². The minimum Gasteiger partial charge on any atom is -0.378 e. The lowest BCUT2D eigenvalue weighted by atomic mass is 10.1. The zero-order chi connectivity index (χ0) is 13.8. The van der Waals surface area contributed by atoms with E-state index >= 15 is 0 Å². The molecule has 0 spiro atoms.